The lowest BCUT2D eigenvalue weighted by Crippen LogP contribution is -2.22. The Morgan fingerprint density at radius 2 is 1.82 bits per heavy atom. The van der Waals surface area contributed by atoms with Gasteiger partial charge < -0.3 is 10.6 Å². The number of benzene rings is 2. The first-order valence-electron chi connectivity index (χ1n) is 8.06. The molecule has 28 heavy (non-hydrogen) atoms. The molecule has 3 rings (SSSR count). The van der Waals surface area contributed by atoms with Gasteiger partial charge in [-0.05, 0) is 42.5 Å². The van der Waals surface area contributed by atoms with Crippen LogP contribution in [0.25, 0.3) is 6.08 Å². The lowest BCUT2D eigenvalue weighted by atomic mass is 10.1. The Hall–Kier alpha value is -3.07. The minimum absolute atomic E-state index is 0.00893. The van der Waals surface area contributed by atoms with E-state index in [1.54, 1.807) is 6.08 Å². The summed E-state index contributed by atoms with van der Waals surface area (Å²) in [6, 6.07) is 11.0. The molecule has 0 aliphatic carbocycles. The number of alkyl halides is 3. The molecule has 0 unspecified atom stereocenters. The van der Waals surface area contributed by atoms with Crippen molar-refractivity contribution < 1.29 is 22.8 Å². The van der Waals surface area contributed by atoms with Gasteiger partial charge >= 0.3 is 12.2 Å². The zero-order valence-corrected chi connectivity index (χ0v) is 15.3. The second-order valence-corrected chi connectivity index (χ2v) is 6.90. The van der Waals surface area contributed by atoms with Gasteiger partial charge in [0.15, 0.2) is 5.17 Å². The standard InChI is InChI=1S/C19H14F3N3O2S/c1-11-6-8-12(9-7-11)10-15-16(26)24-18(28-15)25-17(27)23-14-5-3-2-4-13(14)19(20,21)22/h2-10H,1H3,(H2,23,24,25,26,27)/b15-10-. The van der Waals surface area contributed by atoms with Crippen LogP contribution in [0.2, 0.25) is 0 Å². The molecule has 5 nitrogen and oxygen atoms in total. The number of amides is 3. The number of aryl methyl sites for hydroxylation is 1. The Morgan fingerprint density at radius 3 is 2.50 bits per heavy atom. The Kier molecular flexibility index (Phi) is 5.55. The summed E-state index contributed by atoms with van der Waals surface area (Å²) in [5.41, 5.74) is 0.484. The van der Waals surface area contributed by atoms with E-state index in [1.807, 2.05) is 31.2 Å². The number of amidine groups is 1. The van der Waals surface area contributed by atoms with E-state index in [9.17, 15) is 22.8 Å². The molecule has 144 valence electrons. The van der Waals surface area contributed by atoms with E-state index in [0.29, 0.717) is 4.91 Å². The summed E-state index contributed by atoms with van der Waals surface area (Å²) in [4.78, 5) is 28.0. The van der Waals surface area contributed by atoms with Gasteiger partial charge in [0.2, 0.25) is 0 Å². The number of aliphatic imine (C=N–C) groups is 1. The van der Waals surface area contributed by atoms with Crippen molar-refractivity contribution in [1.82, 2.24) is 5.32 Å². The van der Waals surface area contributed by atoms with Gasteiger partial charge in [-0.15, -0.1) is 0 Å². The van der Waals surface area contributed by atoms with Gasteiger partial charge in [0.05, 0.1) is 16.2 Å². The van der Waals surface area contributed by atoms with Crippen molar-refractivity contribution in [3.63, 3.8) is 0 Å². The second kappa shape index (κ2) is 7.89. The number of para-hydroxylation sites is 1. The third kappa shape index (κ3) is 4.80. The third-order valence-electron chi connectivity index (χ3n) is 3.70. The average Bonchev–Trinajstić information content (AvgIpc) is 2.95. The molecule has 1 saturated heterocycles. The molecule has 2 N–H and O–H groups in total. The van der Waals surface area contributed by atoms with Gasteiger partial charge in [-0.2, -0.15) is 18.2 Å². The maximum absolute atomic E-state index is 13.0. The fourth-order valence-electron chi connectivity index (χ4n) is 2.37. The summed E-state index contributed by atoms with van der Waals surface area (Å²) in [6.45, 7) is 1.94. The summed E-state index contributed by atoms with van der Waals surface area (Å²) in [5, 5.41) is 4.51. The molecule has 9 heteroatoms. The van der Waals surface area contributed by atoms with E-state index in [1.165, 1.54) is 12.1 Å². The zero-order valence-electron chi connectivity index (χ0n) is 14.5. The van der Waals surface area contributed by atoms with E-state index < -0.39 is 29.4 Å². The number of halogens is 3. The number of carbonyl (C=O) groups excluding carboxylic acids is 2. The summed E-state index contributed by atoms with van der Waals surface area (Å²) in [6.07, 6.45) is -2.98. The highest BCUT2D eigenvalue weighted by Gasteiger charge is 2.33. The molecule has 2 aromatic carbocycles. The van der Waals surface area contributed by atoms with Crippen LogP contribution in [0.1, 0.15) is 16.7 Å². The first kappa shape index (κ1) is 19.7. The van der Waals surface area contributed by atoms with Crippen molar-refractivity contribution in [2.45, 2.75) is 13.1 Å². The normalized spacial score (nSPS) is 17.1. The second-order valence-electron chi connectivity index (χ2n) is 5.87. The monoisotopic (exact) mass is 405 g/mol. The van der Waals surface area contributed by atoms with E-state index in [4.69, 9.17) is 0 Å². The molecule has 1 aliphatic rings. The molecule has 1 heterocycles. The minimum Gasteiger partial charge on any atom is -0.305 e. The lowest BCUT2D eigenvalue weighted by Gasteiger charge is -2.12. The highest BCUT2D eigenvalue weighted by molar-refractivity contribution is 8.18. The summed E-state index contributed by atoms with van der Waals surface area (Å²) in [5.74, 6) is -0.437. The van der Waals surface area contributed by atoms with Gasteiger partial charge in [0, 0.05) is 0 Å². The molecule has 0 spiro atoms. The van der Waals surface area contributed by atoms with Gasteiger partial charge in [-0.25, -0.2) is 4.79 Å². The molecule has 0 radical (unpaired) electrons. The summed E-state index contributed by atoms with van der Waals surface area (Å²) < 4.78 is 38.9. The first-order valence-corrected chi connectivity index (χ1v) is 8.87. The molecule has 0 atom stereocenters. The quantitative estimate of drug-likeness (QED) is 0.705. The van der Waals surface area contributed by atoms with Crippen molar-refractivity contribution in [2.24, 2.45) is 4.99 Å². The Morgan fingerprint density at radius 1 is 1.14 bits per heavy atom. The van der Waals surface area contributed by atoms with Crippen molar-refractivity contribution >= 4 is 40.6 Å². The number of urea groups is 1. The molecule has 1 fully saturated rings. The van der Waals surface area contributed by atoms with Crippen LogP contribution in [-0.4, -0.2) is 17.1 Å². The van der Waals surface area contributed by atoms with Gasteiger partial charge in [0.25, 0.3) is 5.91 Å². The van der Waals surface area contributed by atoms with Crippen LogP contribution >= 0.6 is 11.8 Å². The van der Waals surface area contributed by atoms with E-state index >= 15 is 0 Å². The fourth-order valence-corrected chi connectivity index (χ4v) is 3.19. The van der Waals surface area contributed by atoms with E-state index in [-0.39, 0.29) is 5.17 Å². The van der Waals surface area contributed by atoms with Crippen LogP contribution in [0, 0.1) is 6.92 Å². The number of rotatable bonds is 2. The number of carbonyl (C=O) groups is 2. The number of anilines is 1. The molecule has 3 amide bonds. The zero-order chi connectivity index (χ0) is 20.3. The Bertz CT molecular complexity index is 983. The number of thioether (sulfide) groups is 1. The minimum atomic E-state index is -4.61. The van der Waals surface area contributed by atoms with Crippen LogP contribution < -0.4 is 10.6 Å². The van der Waals surface area contributed by atoms with Crippen molar-refractivity contribution in [3.05, 3.63) is 70.1 Å². The third-order valence-corrected chi connectivity index (χ3v) is 4.61. The Labute approximate surface area is 162 Å². The van der Waals surface area contributed by atoms with E-state index in [0.717, 1.165) is 35.0 Å². The largest absolute Gasteiger partial charge is 0.418 e. The van der Waals surface area contributed by atoms with Crippen LogP contribution in [0.5, 0.6) is 0 Å². The SMILES string of the molecule is Cc1ccc(/C=C2\SC(=NC(=O)Nc3ccccc3C(F)(F)F)NC2=O)cc1. The Balaban J connectivity index is 1.74. The number of nitrogens with zero attached hydrogens (tertiary/aromatic N) is 1. The molecule has 1 aliphatic heterocycles. The number of hydrogen-bond acceptors (Lipinski definition) is 3. The first-order chi connectivity index (χ1) is 13.2. The predicted octanol–water partition coefficient (Wildman–Crippen LogP) is 4.81. The average molecular weight is 405 g/mol. The smallest absolute Gasteiger partial charge is 0.305 e. The van der Waals surface area contributed by atoms with Crippen LogP contribution in [0.4, 0.5) is 23.7 Å². The van der Waals surface area contributed by atoms with Gasteiger partial charge in [0.1, 0.15) is 0 Å². The number of nitrogens with one attached hydrogen (secondary N) is 2. The van der Waals surface area contributed by atoms with Gasteiger partial charge in [-0.1, -0.05) is 42.0 Å². The highest BCUT2D eigenvalue weighted by Crippen LogP contribution is 2.34. The van der Waals surface area contributed by atoms with Crippen molar-refractivity contribution in [2.75, 3.05) is 5.32 Å². The maximum Gasteiger partial charge on any atom is 0.418 e. The molecule has 0 aromatic heterocycles. The summed E-state index contributed by atoms with van der Waals surface area (Å²) >= 11 is 0.934. The molecular formula is C19H14F3N3O2S. The van der Waals surface area contributed by atoms with Gasteiger partial charge in [-0.3, -0.25) is 4.79 Å². The van der Waals surface area contributed by atoms with Crippen molar-refractivity contribution in [1.29, 1.82) is 0 Å². The van der Waals surface area contributed by atoms with Crippen molar-refractivity contribution in [3.8, 4) is 0 Å². The fraction of sp³-hybridized carbons (Fsp3) is 0.105. The molecule has 2 aromatic rings. The van der Waals surface area contributed by atoms with E-state index in [2.05, 4.69) is 15.6 Å². The van der Waals surface area contributed by atoms with Crippen LogP contribution in [0.15, 0.2) is 58.4 Å². The molecular weight excluding hydrogens is 391 g/mol. The predicted molar refractivity (Wildman–Crippen MR) is 103 cm³/mol. The highest BCUT2D eigenvalue weighted by atomic mass is 32.2. The molecule has 0 bridgehead atoms. The topological polar surface area (TPSA) is 70.6 Å². The van der Waals surface area contributed by atoms with Crippen LogP contribution in [0.3, 0.4) is 0 Å². The van der Waals surface area contributed by atoms with Crippen LogP contribution in [-0.2, 0) is 11.0 Å². The number of hydrogen-bond donors (Lipinski definition) is 2. The maximum atomic E-state index is 13.0. The lowest BCUT2D eigenvalue weighted by molar-refractivity contribution is -0.136. The molecule has 0 saturated carbocycles. The summed E-state index contributed by atoms with van der Waals surface area (Å²) in [7, 11) is 0.